The van der Waals surface area contributed by atoms with Gasteiger partial charge in [0.15, 0.2) is 17.4 Å². The highest BCUT2D eigenvalue weighted by molar-refractivity contribution is 5.76. The summed E-state index contributed by atoms with van der Waals surface area (Å²) < 4.78 is 19.0. The minimum Gasteiger partial charge on any atom is -0.471 e. The van der Waals surface area contributed by atoms with Crippen LogP contribution in [-0.4, -0.2) is 90.7 Å². The molecule has 4 heterocycles. The fourth-order valence-corrected chi connectivity index (χ4v) is 4.48. The number of nitro benzene ring substituents is 1. The van der Waals surface area contributed by atoms with Crippen LogP contribution in [0.5, 0.6) is 5.88 Å². The van der Waals surface area contributed by atoms with E-state index in [0.29, 0.717) is 17.8 Å². The summed E-state index contributed by atoms with van der Waals surface area (Å²) in [4.78, 5) is 25.4. The third-order valence-electron chi connectivity index (χ3n) is 6.49. The summed E-state index contributed by atoms with van der Waals surface area (Å²) in [6.07, 6.45) is 1.26. The predicted molar refractivity (Wildman–Crippen MR) is 125 cm³/mol. The van der Waals surface area contributed by atoms with Crippen LogP contribution in [0.25, 0.3) is 11.2 Å². The monoisotopic (exact) mass is 500 g/mol. The molecule has 5 rings (SSSR count). The molecule has 2 aliphatic heterocycles. The quantitative estimate of drug-likeness (QED) is 0.233. The maximum Gasteiger partial charge on any atom is 0.269 e. The van der Waals surface area contributed by atoms with Crippen molar-refractivity contribution < 1.29 is 29.3 Å². The molecule has 36 heavy (non-hydrogen) atoms. The minimum absolute atomic E-state index is 0.00507. The second kappa shape index (κ2) is 10.8. The topological polar surface area (TPSA) is 158 Å². The number of hydrogen-bond acceptors (Lipinski definition) is 11. The van der Waals surface area contributed by atoms with Gasteiger partial charge in [-0.2, -0.15) is 4.98 Å². The van der Waals surface area contributed by atoms with Gasteiger partial charge >= 0.3 is 0 Å². The molecule has 2 fully saturated rings. The molecule has 4 atom stereocenters. The van der Waals surface area contributed by atoms with E-state index in [2.05, 4.69) is 19.9 Å². The number of rotatable bonds is 10. The van der Waals surface area contributed by atoms with E-state index in [-0.39, 0.29) is 24.8 Å². The Bertz CT molecular complexity index is 1180. The molecule has 192 valence electrons. The van der Waals surface area contributed by atoms with Crippen molar-refractivity contribution in [2.45, 2.75) is 44.0 Å². The summed E-state index contributed by atoms with van der Waals surface area (Å²) in [5.74, 6) is 0.215. The number of aromatic nitrogens is 4. The van der Waals surface area contributed by atoms with Gasteiger partial charge in [0.1, 0.15) is 31.2 Å². The third-order valence-corrected chi connectivity index (χ3v) is 6.49. The van der Waals surface area contributed by atoms with Crippen LogP contribution in [0.1, 0.15) is 24.6 Å². The Morgan fingerprint density at radius 2 is 1.89 bits per heavy atom. The summed E-state index contributed by atoms with van der Waals surface area (Å²) in [5.41, 5.74) is 1.44. The van der Waals surface area contributed by atoms with E-state index in [0.717, 1.165) is 25.2 Å². The molecule has 2 aromatic heterocycles. The van der Waals surface area contributed by atoms with Crippen LogP contribution >= 0.6 is 0 Å². The second-order valence-electron chi connectivity index (χ2n) is 8.89. The molecule has 0 unspecified atom stereocenters. The maximum atomic E-state index is 10.8. The lowest BCUT2D eigenvalue weighted by molar-refractivity contribution is -0.384. The van der Waals surface area contributed by atoms with E-state index in [1.807, 2.05) is 0 Å². The van der Waals surface area contributed by atoms with Crippen molar-refractivity contribution in [3.05, 3.63) is 52.6 Å². The SMILES string of the molecule is O=[N+]([O-])c1ccc(COc2ncnc3c2ncn3[C@@H]2O[C@H](COCCN3CCCC3)[C@@H](O)[C@H]2O)cc1. The number of hydrogen-bond donors (Lipinski definition) is 2. The van der Waals surface area contributed by atoms with Gasteiger partial charge in [0, 0.05) is 18.7 Å². The molecule has 3 aromatic rings. The standard InChI is InChI=1S/C23H28N6O7/c30-19-17(12-34-10-9-27-7-1-2-8-27)36-23(20(19)31)28-14-26-18-21(28)24-13-25-22(18)35-11-15-3-5-16(6-4-15)29(32)33/h3-6,13-14,17,19-20,23,30-31H,1-2,7-12H2/t17-,19-,20-,23-/m1/s1. The maximum absolute atomic E-state index is 10.8. The summed E-state index contributed by atoms with van der Waals surface area (Å²) in [6, 6.07) is 6.01. The number of aliphatic hydroxyl groups is 2. The zero-order valence-corrected chi connectivity index (χ0v) is 19.5. The van der Waals surface area contributed by atoms with Crippen LogP contribution in [0.15, 0.2) is 36.9 Å². The number of imidazole rings is 1. The summed E-state index contributed by atoms with van der Waals surface area (Å²) >= 11 is 0. The van der Waals surface area contributed by atoms with E-state index < -0.39 is 29.5 Å². The predicted octanol–water partition coefficient (Wildman–Crippen LogP) is 1.05. The van der Waals surface area contributed by atoms with E-state index in [1.165, 1.54) is 42.2 Å². The molecular weight excluding hydrogens is 472 g/mol. The zero-order valence-electron chi connectivity index (χ0n) is 19.5. The highest BCUT2D eigenvalue weighted by Crippen LogP contribution is 2.33. The molecule has 2 saturated heterocycles. The Morgan fingerprint density at radius 3 is 2.64 bits per heavy atom. The van der Waals surface area contributed by atoms with Gasteiger partial charge in [-0.05, 0) is 43.6 Å². The molecule has 0 bridgehead atoms. The van der Waals surface area contributed by atoms with E-state index in [4.69, 9.17) is 14.2 Å². The van der Waals surface area contributed by atoms with Gasteiger partial charge < -0.3 is 29.3 Å². The Hall–Kier alpha value is -3.23. The van der Waals surface area contributed by atoms with Crippen LogP contribution in [-0.2, 0) is 16.1 Å². The number of aliphatic hydroxyl groups excluding tert-OH is 2. The Labute approximate surface area is 206 Å². The van der Waals surface area contributed by atoms with Crippen LogP contribution in [0.3, 0.4) is 0 Å². The number of nitrogens with zero attached hydrogens (tertiary/aromatic N) is 6. The van der Waals surface area contributed by atoms with Gasteiger partial charge in [0.25, 0.3) is 5.69 Å². The van der Waals surface area contributed by atoms with Gasteiger partial charge in [-0.1, -0.05) is 0 Å². The molecule has 13 nitrogen and oxygen atoms in total. The van der Waals surface area contributed by atoms with Crippen molar-refractivity contribution in [3.8, 4) is 5.88 Å². The van der Waals surface area contributed by atoms with Gasteiger partial charge in [-0.15, -0.1) is 0 Å². The molecule has 2 aliphatic rings. The lowest BCUT2D eigenvalue weighted by Crippen LogP contribution is -2.34. The van der Waals surface area contributed by atoms with Gasteiger partial charge in [0.05, 0.1) is 24.5 Å². The average molecular weight is 501 g/mol. The van der Waals surface area contributed by atoms with Gasteiger partial charge in [-0.3, -0.25) is 14.7 Å². The number of fused-ring (bicyclic) bond motifs is 1. The van der Waals surface area contributed by atoms with Gasteiger partial charge in [-0.25, -0.2) is 9.97 Å². The van der Waals surface area contributed by atoms with E-state index in [9.17, 15) is 20.3 Å². The molecule has 0 saturated carbocycles. The van der Waals surface area contributed by atoms with Crippen molar-refractivity contribution in [1.29, 1.82) is 0 Å². The second-order valence-corrected chi connectivity index (χ2v) is 8.89. The number of non-ortho nitro benzene ring substituents is 1. The molecule has 0 radical (unpaired) electrons. The van der Waals surface area contributed by atoms with Crippen LogP contribution < -0.4 is 4.74 Å². The molecular formula is C23H28N6O7. The fraction of sp³-hybridized carbons (Fsp3) is 0.522. The number of benzene rings is 1. The minimum atomic E-state index is -1.20. The lowest BCUT2D eigenvalue weighted by Gasteiger charge is -2.17. The first-order valence-electron chi connectivity index (χ1n) is 11.9. The molecule has 0 aliphatic carbocycles. The van der Waals surface area contributed by atoms with Crippen molar-refractivity contribution in [3.63, 3.8) is 0 Å². The van der Waals surface area contributed by atoms with Crippen molar-refractivity contribution in [2.75, 3.05) is 32.8 Å². The molecule has 13 heteroatoms. The van der Waals surface area contributed by atoms with Crippen molar-refractivity contribution in [2.24, 2.45) is 0 Å². The fourth-order valence-electron chi connectivity index (χ4n) is 4.48. The zero-order chi connectivity index (χ0) is 25.1. The van der Waals surface area contributed by atoms with Crippen LogP contribution in [0.4, 0.5) is 5.69 Å². The summed E-state index contributed by atoms with van der Waals surface area (Å²) in [7, 11) is 0. The average Bonchev–Trinajstić information content (AvgIpc) is 3.62. The first-order chi connectivity index (χ1) is 17.5. The normalized spacial score (nSPS) is 24.5. The number of likely N-dealkylation sites (tertiary alicyclic amines) is 1. The Kier molecular flexibility index (Phi) is 7.34. The first kappa shape index (κ1) is 24.5. The van der Waals surface area contributed by atoms with Crippen LogP contribution in [0, 0.1) is 10.1 Å². The van der Waals surface area contributed by atoms with Gasteiger partial charge in [0.2, 0.25) is 5.88 Å². The van der Waals surface area contributed by atoms with E-state index in [1.54, 1.807) is 12.1 Å². The number of nitro groups is 1. The third kappa shape index (κ3) is 5.15. The Balaban J connectivity index is 1.22. The highest BCUT2D eigenvalue weighted by atomic mass is 16.6. The molecule has 1 aromatic carbocycles. The molecule has 2 N–H and O–H groups in total. The van der Waals surface area contributed by atoms with Crippen molar-refractivity contribution >= 4 is 16.9 Å². The van der Waals surface area contributed by atoms with Crippen molar-refractivity contribution in [1.82, 2.24) is 24.4 Å². The molecule has 0 amide bonds. The molecule has 0 spiro atoms. The summed E-state index contributed by atoms with van der Waals surface area (Å²) in [5, 5.41) is 32.0. The first-order valence-corrected chi connectivity index (χ1v) is 11.9. The Morgan fingerprint density at radius 1 is 1.11 bits per heavy atom. The largest absolute Gasteiger partial charge is 0.471 e. The van der Waals surface area contributed by atoms with E-state index >= 15 is 0 Å². The summed E-state index contributed by atoms with van der Waals surface area (Å²) in [6.45, 7) is 3.82. The number of ether oxygens (including phenoxy) is 3. The highest BCUT2D eigenvalue weighted by Gasteiger charge is 2.44. The van der Waals surface area contributed by atoms with Crippen LogP contribution in [0.2, 0.25) is 0 Å². The lowest BCUT2D eigenvalue weighted by atomic mass is 10.1. The smallest absolute Gasteiger partial charge is 0.269 e.